The van der Waals surface area contributed by atoms with Crippen LogP contribution in [0.25, 0.3) is 0 Å². The summed E-state index contributed by atoms with van der Waals surface area (Å²) >= 11 is 1.19. The summed E-state index contributed by atoms with van der Waals surface area (Å²) in [6.07, 6.45) is 1.76. The topological polar surface area (TPSA) is 102 Å². The molecule has 1 saturated heterocycles. The molecule has 8 nitrogen and oxygen atoms in total. The zero-order valence-corrected chi connectivity index (χ0v) is 17.8. The fourth-order valence-electron chi connectivity index (χ4n) is 3.43. The van der Waals surface area contributed by atoms with Crippen molar-refractivity contribution < 1.29 is 14.0 Å². The molecule has 2 amide bonds. The number of carbonyl (C=O) groups is 2. The molecule has 4 rings (SSSR count). The smallest absolute Gasteiger partial charge is 0.260 e. The van der Waals surface area contributed by atoms with E-state index >= 15 is 0 Å². The number of aromatic nitrogens is 2. The summed E-state index contributed by atoms with van der Waals surface area (Å²) in [5.74, 6) is -0.623. The number of hydrogen-bond donors (Lipinski definition) is 1. The van der Waals surface area contributed by atoms with Gasteiger partial charge in [0, 0.05) is 37.8 Å². The molecule has 1 fully saturated rings. The molecule has 1 aliphatic rings. The zero-order valence-electron chi connectivity index (χ0n) is 17.0. The highest BCUT2D eigenvalue weighted by molar-refractivity contribution is 7.14. The van der Waals surface area contributed by atoms with Gasteiger partial charge in [0.2, 0.25) is 5.91 Å². The lowest BCUT2D eigenvalue weighted by Crippen LogP contribution is -2.49. The van der Waals surface area contributed by atoms with Crippen LogP contribution in [0.4, 0.5) is 15.3 Å². The van der Waals surface area contributed by atoms with Crippen molar-refractivity contribution in [2.75, 3.05) is 36.4 Å². The minimum absolute atomic E-state index is 0.0642. The molecule has 0 saturated carbocycles. The minimum Gasteiger partial charge on any atom is -0.352 e. The van der Waals surface area contributed by atoms with E-state index in [0.29, 0.717) is 48.4 Å². The van der Waals surface area contributed by atoms with Crippen LogP contribution in [-0.4, -0.2) is 52.9 Å². The SMILES string of the molecule is N#Cc1cccnc1N1CCN(C(=O)Cc2csc(NC(=O)c3ccccc3F)n2)CC1. The first-order valence-corrected chi connectivity index (χ1v) is 10.8. The van der Waals surface area contributed by atoms with Crippen LogP contribution in [-0.2, 0) is 11.2 Å². The Kier molecular flexibility index (Phi) is 6.37. The number of hydrogen-bond acceptors (Lipinski definition) is 7. The molecule has 3 aromatic rings. The summed E-state index contributed by atoms with van der Waals surface area (Å²) in [5.41, 5.74) is 0.994. The predicted octanol–water partition coefficient (Wildman–Crippen LogP) is 2.69. The highest BCUT2D eigenvalue weighted by Crippen LogP contribution is 2.20. The number of piperazine rings is 1. The number of nitrogens with zero attached hydrogens (tertiary/aromatic N) is 5. The van der Waals surface area contributed by atoms with Gasteiger partial charge >= 0.3 is 0 Å². The fraction of sp³-hybridized carbons (Fsp3) is 0.227. The number of nitriles is 1. The Balaban J connectivity index is 1.32. The number of anilines is 2. The van der Waals surface area contributed by atoms with Gasteiger partial charge in [0.1, 0.15) is 17.7 Å². The molecule has 0 spiro atoms. The van der Waals surface area contributed by atoms with Gasteiger partial charge in [0.15, 0.2) is 5.13 Å². The summed E-state index contributed by atoms with van der Waals surface area (Å²) in [5, 5.41) is 13.8. The number of benzene rings is 1. The van der Waals surface area contributed by atoms with Gasteiger partial charge in [0.05, 0.1) is 23.2 Å². The molecule has 0 atom stereocenters. The van der Waals surface area contributed by atoms with Crippen LogP contribution in [0.5, 0.6) is 0 Å². The summed E-state index contributed by atoms with van der Waals surface area (Å²) in [7, 11) is 0. The second-order valence-electron chi connectivity index (χ2n) is 7.11. The zero-order chi connectivity index (χ0) is 22.5. The molecule has 0 bridgehead atoms. The number of amides is 2. The Hall–Kier alpha value is -3.84. The van der Waals surface area contributed by atoms with Gasteiger partial charge < -0.3 is 9.80 Å². The van der Waals surface area contributed by atoms with Crippen molar-refractivity contribution in [3.8, 4) is 6.07 Å². The van der Waals surface area contributed by atoms with E-state index in [4.69, 9.17) is 0 Å². The molecule has 0 aliphatic carbocycles. The molecule has 0 radical (unpaired) electrons. The number of halogens is 1. The lowest BCUT2D eigenvalue weighted by Gasteiger charge is -2.35. The molecule has 0 unspecified atom stereocenters. The fourth-order valence-corrected chi connectivity index (χ4v) is 4.13. The van der Waals surface area contributed by atoms with E-state index in [1.165, 1.54) is 29.5 Å². The van der Waals surface area contributed by atoms with Gasteiger partial charge in [-0.3, -0.25) is 14.9 Å². The maximum absolute atomic E-state index is 13.8. The van der Waals surface area contributed by atoms with Crippen molar-refractivity contribution in [2.24, 2.45) is 0 Å². The van der Waals surface area contributed by atoms with E-state index in [9.17, 15) is 19.2 Å². The summed E-state index contributed by atoms with van der Waals surface area (Å²) in [6, 6.07) is 11.3. The van der Waals surface area contributed by atoms with Crippen LogP contribution in [0.3, 0.4) is 0 Å². The van der Waals surface area contributed by atoms with Crippen molar-refractivity contribution in [3.63, 3.8) is 0 Å². The average Bonchev–Trinajstić information content (AvgIpc) is 3.25. The third-order valence-corrected chi connectivity index (χ3v) is 5.87. The number of nitrogens with one attached hydrogen (secondary N) is 1. The lowest BCUT2D eigenvalue weighted by atomic mass is 10.2. The predicted molar refractivity (Wildman–Crippen MR) is 118 cm³/mol. The third-order valence-electron chi connectivity index (χ3n) is 5.06. The molecule has 32 heavy (non-hydrogen) atoms. The van der Waals surface area contributed by atoms with Gasteiger partial charge in [0.25, 0.3) is 5.91 Å². The van der Waals surface area contributed by atoms with E-state index in [2.05, 4.69) is 21.4 Å². The molecule has 1 N–H and O–H groups in total. The standard InChI is InChI=1S/C22H19FN6O2S/c23-18-6-2-1-5-17(18)21(31)27-22-26-16(14-32-22)12-19(30)28-8-10-29(11-9-28)20-15(13-24)4-3-7-25-20/h1-7,14H,8-12H2,(H,26,27,31). The van der Waals surface area contributed by atoms with Crippen molar-refractivity contribution in [3.05, 3.63) is 70.6 Å². The van der Waals surface area contributed by atoms with E-state index in [1.54, 1.807) is 34.7 Å². The van der Waals surface area contributed by atoms with Crippen LogP contribution in [0.2, 0.25) is 0 Å². The van der Waals surface area contributed by atoms with Gasteiger partial charge in [-0.05, 0) is 24.3 Å². The molecule has 162 valence electrons. The highest BCUT2D eigenvalue weighted by Gasteiger charge is 2.24. The van der Waals surface area contributed by atoms with E-state index < -0.39 is 11.7 Å². The van der Waals surface area contributed by atoms with Crippen LogP contribution in [0.1, 0.15) is 21.6 Å². The Labute approximate surface area is 187 Å². The maximum Gasteiger partial charge on any atom is 0.260 e. The van der Waals surface area contributed by atoms with Crippen molar-refractivity contribution >= 4 is 34.1 Å². The summed E-state index contributed by atoms with van der Waals surface area (Å²) in [4.78, 5) is 37.3. The largest absolute Gasteiger partial charge is 0.352 e. The number of pyridine rings is 1. The second-order valence-corrected chi connectivity index (χ2v) is 7.97. The normalized spacial score (nSPS) is 13.5. The molecule has 1 aliphatic heterocycles. The Morgan fingerprint density at radius 3 is 2.69 bits per heavy atom. The first-order valence-electron chi connectivity index (χ1n) is 9.93. The quantitative estimate of drug-likeness (QED) is 0.641. The second kappa shape index (κ2) is 9.53. The maximum atomic E-state index is 13.8. The van der Waals surface area contributed by atoms with Crippen molar-refractivity contribution in [1.29, 1.82) is 5.26 Å². The van der Waals surface area contributed by atoms with Crippen molar-refractivity contribution in [1.82, 2.24) is 14.9 Å². The Bertz CT molecular complexity index is 1180. The van der Waals surface area contributed by atoms with Crippen LogP contribution in [0, 0.1) is 17.1 Å². The Morgan fingerprint density at radius 1 is 1.16 bits per heavy atom. The summed E-state index contributed by atoms with van der Waals surface area (Å²) < 4.78 is 13.8. The number of carbonyl (C=O) groups excluding carboxylic acids is 2. The highest BCUT2D eigenvalue weighted by atomic mass is 32.1. The van der Waals surface area contributed by atoms with Crippen LogP contribution >= 0.6 is 11.3 Å². The monoisotopic (exact) mass is 450 g/mol. The minimum atomic E-state index is -0.608. The van der Waals surface area contributed by atoms with Gasteiger partial charge in [-0.15, -0.1) is 11.3 Å². The van der Waals surface area contributed by atoms with E-state index in [0.717, 1.165) is 0 Å². The van der Waals surface area contributed by atoms with Gasteiger partial charge in [-0.25, -0.2) is 14.4 Å². The van der Waals surface area contributed by atoms with Crippen LogP contribution in [0.15, 0.2) is 48.0 Å². The first-order chi connectivity index (χ1) is 15.5. The molecule has 10 heteroatoms. The average molecular weight is 450 g/mol. The Morgan fingerprint density at radius 2 is 1.94 bits per heavy atom. The molecule has 2 aromatic heterocycles. The van der Waals surface area contributed by atoms with Crippen molar-refractivity contribution in [2.45, 2.75) is 6.42 Å². The molecular weight excluding hydrogens is 431 g/mol. The molecule has 3 heterocycles. The van der Waals surface area contributed by atoms with E-state index in [-0.39, 0.29) is 17.9 Å². The third kappa shape index (κ3) is 4.73. The molecular formula is C22H19FN6O2S. The lowest BCUT2D eigenvalue weighted by molar-refractivity contribution is -0.130. The van der Waals surface area contributed by atoms with Gasteiger partial charge in [-0.2, -0.15) is 5.26 Å². The first kappa shape index (κ1) is 21.4. The number of rotatable bonds is 5. The van der Waals surface area contributed by atoms with Gasteiger partial charge in [-0.1, -0.05) is 12.1 Å². The molecule has 1 aromatic carbocycles. The van der Waals surface area contributed by atoms with E-state index in [1.807, 2.05) is 4.90 Å². The number of thiazole rings is 1. The summed E-state index contributed by atoms with van der Waals surface area (Å²) in [6.45, 7) is 2.19. The van der Waals surface area contributed by atoms with Crippen LogP contribution < -0.4 is 10.2 Å².